The van der Waals surface area contributed by atoms with Gasteiger partial charge in [-0.1, -0.05) is 6.92 Å². The number of rotatable bonds is 3. The first-order chi connectivity index (χ1) is 4.09. The van der Waals surface area contributed by atoms with Gasteiger partial charge in [0.25, 0.3) is 0 Å². The van der Waals surface area contributed by atoms with Crippen molar-refractivity contribution in [1.29, 1.82) is 0 Å². The summed E-state index contributed by atoms with van der Waals surface area (Å²) < 4.78 is 10.5. The minimum Gasteiger partial charge on any atom is -0.851 e. The molecule has 3 atom stereocenters. The molecule has 0 aliphatic heterocycles. The SMILES string of the molecule is CSC(C(C)[O-])S(C)=O.[Li+]. The first-order valence-electron chi connectivity index (χ1n) is 2.60. The zero-order valence-corrected chi connectivity index (χ0v) is 8.42. The molecule has 0 aromatic carbocycles. The van der Waals surface area contributed by atoms with Crippen LogP contribution in [0.15, 0.2) is 0 Å². The van der Waals surface area contributed by atoms with Gasteiger partial charge in [-0.2, -0.15) is 0 Å². The first kappa shape index (κ1) is 13.6. The maximum absolute atomic E-state index is 10.7. The molecule has 2 nitrogen and oxygen atoms in total. The predicted octanol–water partition coefficient (Wildman–Crippen LogP) is -3.19. The van der Waals surface area contributed by atoms with Crippen LogP contribution >= 0.6 is 11.8 Å². The number of thioether (sulfide) groups is 1. The summed E-state index contributed by atoms with van der Waals surface area (Å²) in [5.41, 5.74) is 0. The Morgan fingerprint density at radius 1 is 1.60 bits per heavy atom. The number of hydrogen-bond donors (Lipinski definition) is 0. The first-order valence-corrected chi connectivity index (χ1v) is 5.51. The molecule has 0 aromatic rings. The van der Waals surface area contributed by atoms with Crippen molar-refractivity contribution in [3.05, 3.63) is 0 Å². The third-order valence-electron chi connectivity index (χ3n) is 0.943. The van der Waals surface area contributed by atoms with Crippen LogP contribution in [0.3, 0.4) is 0 Å². The molecule has 0 aliphatic carbocycles. The van der Waals surface area contributed by atoms with Crippen molar-refractivity contribution in [3.8, 4) is 0 Å². The Kier molecular flexibility index (Phi) is 9.20. The third kappa shape index (κ3) is 4.81. The van der Waals surface area contributed by atoms with Gasteiger partial charge in [-0.25, -0.2) is 0 Å². The van der Waals surface area contributed by atoms with Crippen molar-refractivity contribution in [1.82, 2.24) is 0 Å². The molecule has 10 heavy (non-hydrogen) atoms. The second-order valence-corrected chi connectivity index (χ2v) is 4.59. The Morgan fingerprint density at radius 2 is 2.00 bits per heavy atom. The molecule has 0 spiro atoms. The van der Waals surface area contributed by atoms with Crippen LogP contribution in [0.4, 0.5) is 0 Å². The molecule has 0 heterocycles. The van der Waals surface area contributed by atoms with Crippen LogP contribution in [-0.2, 0) is 10.8 Å². The maximum atomic E-state index is 10.7. The van der Waals surface area contributed by atoms with Crippen molar-refractivity contribution in [2.45, 2.75) is 17.6 Å². The molecule has 5 heteroatoms. The van der Waals surface area contributed by atoms with E-state index in [1.807, 2.05) is 0 Å². The molecule has 0 radical (unpaired) electrons. The van der Waals surface area contributed by atoms with E-state index in [1.165, 1.54) is 11.8 Å². The maximum Gasteiger partial charge on any atom is 1.00 e. The summed E-state index contributed by atoms with van der Waals surface area (Å²) in [6.07, 6.45) is 2.64. The zero-order valence-electron chi connectivity index (χ0n) is 6.79. The van der Waals surface area contributed by atoms with E-state index in [1.54, 1.807) is 19.4 Å². The molecule has 0 aliphatic rings. The molecular weight excluding hydrogens is 163 g/mol. The van der Waals surface area contributed by atoms with Crippen LogP contribution in [0.25, 0.3) is 0 Å². The van der Waals surface area contributed by atoms with E-state index in [0.717, 1.165) is 0 Å². The molecule has 0 rings (SSSR count). The Labute approximate surface area is 80.8 Å². The van der Waals surface area contributed by atoms with Gasteiger partial charge in [-0.3, -0.25) is 4.21 Å². The van der Waals surface area contributed by atoms with Crippen molar-refractivity contribution in [2.24, 2.45) is 0 Å². The van der Waals surface area contributed by atoms with Gasteiger partial charge in [0, 0.05) is 17.1 Å². The Morgan fingerprint density at radius 3 is 2.00 bits per heavy atom. The Bertz CT molecular complexity index is 108. The average Bonchev–Trinajstić information content (AvgIpc) is 1.64. The minimum absolute atomic E-state index is 0. The van der Waals surface area contributed by atoms with E-state index in [9.17, 15) is 9.32 Å². The molecular formula is C5H11LiO2S2. The van der Waals surface area contributed by atoms with Gasteiger partial charge in [0.05, 0.1) is 4.58 Å². The van der Waals surface area contributed by atoms with E-state index in [0.29, 0.717) is 0 Å². The minimum atomic E-state index is -0.983. The Hall–Kier alpha value is 1.06. The van der Waals surface area contributed by atoms with E-state index in [4.69, 9.17) is 0 Å². The van der Waals surface area contributed by atoms with Crippen LogP contribution in [0, 0.1) is 0 Å². The predicted molar refractivity (Wildman–Crippen MR) is 40.8 cm³/mol. The van der Waals surface area contributed by atoms with Gasteiger partial charge < -0.3 is 5.11 Å². The largest absolute Gasteiger partial charge is 1.00 e. The zero-order chi connectivity index (χ0) is 7.44. The summed E-state index contributed by atoms with van der Waals surface area (Å²) in [6.45, 7) is 1.54. The van der Waals surface area contributed by atoms with Gasteiger partial charge in [0.15, 0.2) is 0 Å². The van der Waals surface area contributed by atoms with Crippen LogP contribution in [0.2, 0.25) is 0 Å². The smallest absolute Gasteiger partial charge is 0.851 e. The van der Waals surface area contributed by atoms with Gasteiger partial charge in [0.2, 0.25) is 0 Å². The summed E-state index contributed by atoms with van der Waals surface area (Å²) in [5.74, 6) is 0. The Balaban J connectivity index is 0. The van der Waals surface area contributed by atoms with E-state index >= 15 is 0 Å². The van der Waals surface area contributed by atoms with Crippen molar-refractivity contribution in [3.63, 3.8) is 0 Å². The summed E-state index contributed by atoms with van der Waals surface area (Å²) in [4.78, 5) is 0. The summed E-state index contributed by atoms with van der Waals surface area (Å²) in [7, 11) is -0.983. The summed E-state index contributed by atoms with van der Waals surface area (Å²) in [5, 5.41) is 10.7. The van der Waals surface area contributed by atoms with E-state index in [-0.39, 0.29) is 23.4 Å². The average molecular weight is 174 g/mol. The fraction of sp³-hybridized carbons (Fsp3) is 1.00. The quantitative estimate of drug-likeness (QED) is 0.423. The normalized spacial score (nSPS) is 18.8. The molecule has 0 aromatic heterocycles. The summed E-state index contributed by atoms with van der Waals surface area (Å²) >= 11 is 1.37. The topological polar surface area (TPSA) is 40.1 Å². The van der Waals surface area contributed by atoms with Gasteiger partial charge >= 0.3 is 18.9 Å². The van der Waals surface area contributed by atoms with Gasteiger partial charge in [0.1, 0.15) is 0 Å². The molecule has 3 unspecified atom stereocenters. The van der Waals surface area contributed by atoms with Gasteiger partial charge in [-0.15, -0.1) is 17.9 Å². The summed E-state index contributed by atoms with van der Waals surface area (Å²) in [6, 6.07) is 0. The van der Waals surface area contributed by atoms with Crippen LogP contribution in [0.1, 0.15) is 6.92 Å². The van der Waals surface area contributed by atoms with Crippen molar-refractivity contribution >= 4 is 22.6 Å². The molecule has 0 fully saturated rings. The fourth-order valence-electron chi connectivity index (χ4n) is 0.597. The van der Waals surface area contributed by atoms with Crippen LogP contribution < -0.4 is 24.0 Å². The molecule has 0 N–H and O–H groups in total. The van der Waals surface area contributed by atoms with Gasteiger partial charge in [-0.05, 0) is 6.26 Å². The molecule has 0 amide bonds. The second-order valence-electron chi connectivity index (χ2n) is 1.81. The van der Waals surface area contributed by atoms with E-state index < -0.39 is 16.9 Å². The van der Waals surface area contributed by atoms with Crippen molar-refractivity contribution < 1.29 is 28.2 Å². The number of hydrogen-bond acceptors (Lipinski definition) is 3. The molecule has 56 valence electrons. The monoisotopic (exact) mass is 174 g/mol. The third-order valence-corrected chi connectivity index (χ3v) is 4.22. The fourth-order valence-corrected chi connectivity index (χ4v) is 2.60. The standard InChI is InChI=1S/C5H11O2S2.Li/c1-4(6)5(8-2)9(3)7;/h4-5H,1-3H3;/q-1;+1. The van der Waals surface area contributed by atoms with Crippen LogP contribution in [0.5, 0.6) is 0 Å². The molecule has 0 saturated carbocycles. The van der Waals surface area contributed by atoms with Crippen LogP contribution in [-0.4, -0.2) is 27.4 Å². The van der Waals surface area contributed by atoms with E-state index in [2.05, 4.69) is 0 Å². The molecule has 0 saturated heterocycles. The molecule has 0 bridgehead atoms. The van der Waals surface area contributed by atoms with Crippen molar-refractivity contribution in [2.75, 3.05) is 12.5 Å². The second kappa shape index (κ2) is 6.75.